The second-order valence-electron chi connectivity index (χ2n) is 5.49. The summed E-state index contributed by atoms with van der Waals surface area (Å²) in [4.78, 5) is 24.9. The highest BCUT2D eigenvalue weighted by Crippen LogP contribution is 2.39. The summed E-state index contributed by atoms with van der Waals surface area (Å²) in [5.74, 6) is -1.92. The summed E-state index contributed by atoms with van der Waals surface area (Å²) in [6, 6.07) is 0.238. The number of hydrogen-bond donors (Lipinski definition) is 0. The Labute approximate surface area is 146 Å². The number of nitro groups is 1. The van der Waals surface area contributed by atoms with Crippen molar-refractivity contribution in [2.45, 2.75) is 38.7 Å². The maximum atomic E-state index is 13.3. The van der Waals surface area contributed by atoms with E-state index in [1.165, 1.54) is 6.92 Å². The number of non-ortho nitro benzene ring substituents is 1. The molecule has 1 aromatic carbocycles. The van der Waals surface area contributed by atoms with Crippen LogP contribution in [-0.4, -0.2) is 26.7 Å². The predicted molar refractivity (Wildman–Crippen MR) is 78.0 cm³/mol. The number of halogens is 6. The first-order valence-corrected chi connectivity index (χ1v) is 7.33. The van der Waals surface area contributed by atoms with Crippen molar-refractivity contribution in [3.63, 3.8) is 0 Å². The maximum absolute atomic E-state index is 13.3. The zero-order chi connectivity index (χ0) is 20.7. The smallest absolute Gasteiger partial charge is 0.446 e. The molecule has 1 heterocycles. The monoisotopic (exact) mass is 399 g/mol. The van der Waals surface area contributed by atoms with Crippen LogP contribution >= 0.6 is 0 Å². The Bertz CT molecular complexity index is 903. The molecule has 2 aromatic rings. The van der Waals surface area contributed by atoms with Crippen molar-refractivity contribution in [3.05, 3.63) is 33.6 Å². The van der Waals surface area contributed by atoms with Crippen molar-refractivity contribution in [1.29, 1.82) is 0 Å². The summed E-state index contributed by atoms with van der Waals surface area (Å²) in [6.45, 7) is 2.91. The van der Waals surface area contributed by atoms with Gasteiger partial charge in [0, 0.05) is 6.07 Å². The molecular weight excluding hydrogens is 388 g/mol. The molecule has 0 aliphatic rings. The van der Waals surface area contributed by atoms with Crippen molar-refractivity contribution >= 4 is 22.8 Å². The summed E-state index contributed by atoms with van der Waals surface area (Å²) in [5.41, 5.74) is -4.97. The van der Waals surface area contributed by atoms with Gasteiger partial charge in [-0.15, -0.1) is 0 Å². The fourth-order valence-electron chi connectivity index (χ4n) is 2.15. The summed E-state index contributed by atoms with van der Waals surface area (Å²) < 4.78 is 83.3. The Hall–Kier alpha value is -2.86. The molecule has 1 aromatic heterocycles. The number of imidazole rings is 1. The molecular formula is C14H11F6N3O4. The van der Waals surface area contributed by atoms with Crippen molar-refractivity contribution in [2.24, 2.45) is 0 Å². The second-order valence-corrected chi connectivity index (χ2v) is 5.49. The zero-order valence-corrected chi connectivity index (χ0v) is 13.7. The van der Waals surface area contributed by atoms with E-state index >= 15 is 0 Å². The molecule has 0 aliphatic heterocycles. The number of hydrogen-bond acceptors (Lipinski definition) is 5. The molecule has 0 saturated carbocycles. The quantitative estimate of drug-likeness (QED) is 0.422. The molecule has 2 rings (SSSR count). The minimum atomic E-state index is -5.28. The number of nitro benzene ring substituents is 1. The molecule has 0 N–H and O–H groups in total. The van der Waals surface area contributed by atoms with Gasteiger partial charge in [-0.3, -0.25) is 10.1 Å². The van der Waals surface area contributed by atoms with Crippen molar-refractivity contribution in [3.8, 4) is 0 Å². The first-order valence-electron chi connectivity index (χ1n) is 7.33. The van der Waals surface area contributed by atoms with Crippen molar-refractivity contribution in [2.75, 3.05) is 0 Å². The number of fused-ring (bicyclic) bond motifs is 1. The SMILES string of the molecule is CCC(C)OC(=O)n1c(C(F)(F)F)nc2c([N+](=O)[O-])cc(C(F)(F)F)cc21. The van der Waals surface area contributed by atoms with Crippen LogP contribution in [0.25, 0.3) is 11.0 Å². The first-order chi connectivity index (χ1) is 12.3. The average molecular weight is 399 g/mol. The summed E-state index contributed by atoms with van der Waals surface area (Å²) in [5, 5.41) is 11.0. The lowest BCUT2D eigenvalue weighted by atomic mass is 10.1. The maximum Gasteiger partial charge on any atom is 0.450 e. The third-order valence-corrected chi connectivity index (χ3v) is 3.58. The van der Waals surface area contributed by atoms with E-state index in [1.807, 2.05) is 0 Å². The number of benzene rings is 1. The number of nitrogens with zero attached hydrogens (tertiary/aromatic N) is 3. The van der Waals surface area contributed by atoms with E-state index in [4.69, 9.17) is 4.74 Å². The van der Waals surface area contributed by atoms with Crippen LogP contribution in [0.4, 0.5) is 36.8 Å². The molecule has 7 nitrogen and oxygen atoms in total. The Kier molecular flexibility index (Phi) is 5.08. The van der Waals surface area contributed by atoms with Gasteiger partial charge in [0.15, 0.2) is 5.52 Å². The molecule has 148 valence electrons. The fourth-order valence-corrected chi connectivity index (χ4v) is 2.15. The van der Waals surface area contributed by atoms with Crippen LogP contribution in [0.2, 0.25) is 0 Å². The second kappa shape index (κ2) is 6.70. The minimum absolute atomic E-state index is 0.0554. The van der Waals surface area contributed by atoms with Gasteiger partial charge in [0.2, 0.25) is 5.82 Å². The van der Waals surface area contributed by atoms with Gasteiger partial charge in [-0.25, -0.2) is 14.3 Å². The highest BCUT2D eigenvalue weighted by molar-refractivity contribution is 5.93. The van der Waals surface area contributed by atoms with Crippen LogP contribution in [0.15, 0.2) is 12.1 Å². The van der Waals surface area contributed by atoms with Crippen LogP contribution < -0.4 is 0 Å². The van der Waals surface area contributed by atoms with Crippen LogP contribution in [0.1, 0.15) is 31.7 Å². The van der Waals surface area contributed by atoms with Gasteiger partial charge >= 0.3 is 18.4 Å². The van der Waals surface area contributed by atoms with Gasteiger partial charge in [-0.1, -0.05) is 6.92 Å². The lowest BCUT2D eigenvalue weighted by Crippen LogP contribution is -2.25. The van der Waals surface area contributed by atoms with Crippen LogP contribution in [0.3, 0.4) is 0 Å². The summed E-state index contributed by atoms with van der Waals surface area (Å²) >= 11 is 0. The number of carbonyl (C=O) groups is 1. The van der Waals surface area contributed by atoms with E-state index in [1.54, 1.807) is 6.92 Å². The lowest BCUT2D eigenvalue weighted by molar-refractivity contribution is -0.383. The van der Waals surface area contributed by atoms with Gasteiger partial charge in [0.25, 0.3) is 5.69 Å². The van der Waals surface area contributed by atoms with Gasteiger partial charge in [0.05, 0.1) is 16.0 Å². The van der Waals surface area contributed by atoms with Crippen LogP contribution in [-0.2, 0) is 17.1 Å². The molecule has 0 radical (unpaired) electrons. The van der Waals surface area contributed by atoms with Gasteiger partial charge in [-0.2, -0.15) is 26.3 Å². The Balaban J connectivity index is 2.90. The topological polar surface area (TPSA) is 87.3 Å². The fraction of sp³-hybridized carbons (Fsp3) is 0.429. The molecule has 1 atom stereocenters. The number of carbonyl (C=O) groups excluding carboxylic acids is 1. The van der Waals surface area contributed by atoms with E-state index < -0.39 is 57.6 Å². The molecule has 0 spiro atoms. The standard InChI is InChI=1S/C14H11F6N3O4/c1-3-6(2)27-12(24)22-8-4-7(13(15,16)17)5-9(23(25)26)10(8)21-11(22)14(18,19)20/h4-6H,3H2,1-2H3. The van der Waals surface area contributed by atoms with E-state index in [0.29, 0.717) is 0 Å². The largest absolute Gasteiger partial charge is 0.450 e. The van der Waals surface area contributed by atoms with Crippen molar-refractivity contribution < 1.29 is 40.8 Å². The molecule has 0 saturated heterocycles. The Morgan fingerprint density at radius 3 is 2.30 bits per heavy atom. The van der Waals surface area contributed by atoms with E-state index in [-0.39, 0.29) is 23.1 Å². The predicted octanol–water partition coefficient (Wildman–Crippen LogP) is 4.77. The molecule has 0 bridgehead atoms. The van der Waals surface area contributed by atoms with Crippen molar-refractivity contribution in [1.82, 2.24) is 9.55 Å². The number of rotatable bonds is 3. The third kappa shape index (κ3) is 3.95. The molecule has 13 heteroatoms. The third-order valence-electron chi connectivity index (χ3n) is 3.58. The van der Waals surface area contributed by atoms with Gasteiger partial charge in [0.1, 0.15) is 6.10 Å². The molecule has 0 fully saturated rings. The summed E-state index contributed by atoms with van der Waals surface area (Å²) in [6.07, 6.45) is -12.7. The Morgan fingerprint density at radius 2 is 1.85 bits per heavy atom. The van der Waals surface area contributed by atoms with E-state index in [0.717, 1.165) is 0 Å². The normalized spacial score (nSPS) is 13.6. The number of aromatic nitrogens is 2. The number of alkyl halides is 6. The van der Waals surface area contributed by atoms with Gasteiger partial charge < -0.3 is 4.74 Å². The Morgan fingerprint density at radius 1 is 1.26 bits per heavy atom. The lowest BCUT2D eigenvalue weighted by Gasteiger charge is -2.14. The molecule has 1 unspecified atom stereocenters. The highest BCUT2D eigenvalue weighted by Gasteiger charge is 2.43. The molecule has 27 heavy (non-hydrogen) atoms. The number of ether oxygens (including phenoxy) is 1. The summed E-state index contributed by atoms with van der Waals surface area (Å²) in [7, 11) is 0. The minimum Gasteiger partial charge on any atom is -0.446 e. The van der Waals surface area contributed by atoms with Gasteiger partial charge in [-0.05, 0) is 19.4 Å². The first kappa shape index (κ1) is 20.5. The van der Waals surface area contributed by atoms with Crippen LogP contribution in [0, 0.1) is 10.1 Å². The van der Waals surface area contributed by atoms with E-state index in [9.17, 15) is 41.3 Å². The zero-order valence-electron chi connectivity index (χ0n) is 13.7. The van der Waals surface area contributed by atoms with Crippen LogP contribution in [0.5, 0.6) is 0 Å². The molecule has 0 aliphatic carbocycles. The average Bonchev–Trinajstić information content (AvgIpc) is 2.92. The van der Waals surface area contributed by atoms with E-state index in [2.05, 4.69) is 4.98 Å². The highest BCUT2D eigenvalue weighted by atomic mass is 19.4. The molecule has 0 amide bonds.